The van der Waals surface area contributed by atoms with Crippen LogP contribution >= 0.6 is 0 Å². The minimum Gasteiger partial charge on any atom is -0.393 e. The van der Waals surface area contributed by atoms with Crippen LogP contribution in [0.25, 0.3) is 0 Å². The van der Waals surface area contributed by atoms with Crippen molar-refractivity contribution in [2.45, 2.75) is 45.6 Å². The predicted octanol–water partition coefficient (Wildman–Crippen LogP) is 2.50. The Bertz CT molecular complexity index is 145. The smallest absolute Gasteiger partial charge is 0.0602 e. The standard InChI is InChI=1S/C10H18O/c1-8(2)7-9-5-3-4-6-10(9)11/h7,9-11H,3-6H2,1-2H3/t9-,10+/m0/s1. The van der Waals surface area contributed by atoms with Crippen molar-refractivity contribution in [1.29, 1.82) is 0 Å². The molecule has 1 saturated carbocycles. The van der Waals surface area contributed by atoms with Crippen molar-refractivity contribution in [2.24, 2.45) is 5.92 Å². The van der Waals surface area contributed by atoms with E-state index >= 15 is 0 Å². The molecule has 2 atom stereocenters. The molecular weight excluding hydrogens is 136 g/mol. The predicted molar refractivity (Wildman–Crippen MR) is 47.4 cm³/mol. The van der Waals surface area contributed by atoms with E-state index in [-0.39, 0.29) is 6.10 Å². The Balaban J connectivity index is 2.48. The zero-order valence-electron chi connectivity index (χ0n) is 7.51. The lowest BCUT2D eigenvalue weighted by molar-refractivity contribution is 0.0924. The molecular formula is C10H18O. The van der Waals surface area contributed by atoms with Gasteiger partial charge in [0.15, 0.2) is 0 Å². The van der Waals surface area contributed by atoms with Crippen molar-refractivity contribution in [3.63, 3.8) is 0 Å². The van der Waals surface area contributed by atoms with Gasteiger partial charge in [-0.3, -0.25) is 0 Å². The fourth-order valence-electron chi connectivity index (χ4n) is 1.76. The molecule has 1 nitrogen and oxygen atoms in total. The molecule has 1 heteroatoms. The molecule has 0 aromatic carbocycles. The molecule has 1 aliphatic carbocycles. The van der Waals surface area contributed by atoms with Crippen LogP contribution in [0.5, 0.6) is 0 Å². The molecule has 1 rings (SSSR count). The molecule has 64 valence electrons. The summed E-state index contributed by atoms with van der Waals surface area (Å²) in [7, 11) is 0. The lowest BCUT2D eigenvalue weighted by atomic mass is 9.85. The van der Waals surface area contributed by atoms with Crippen LogP contribution in [-0.4, -0.2) is 11.2 Å². The Labute approximate surface area is 69.1 Å². The van der Waals surface area contributed by atoms with Crippen molar-refractivity contribution in [3.05, 3.63) is 11.6 Å². The lowest BCUT2D eigenvalue weighted by Gasteiger charge is -2.25. The Morgan fingerprint density at radius 2 is 1.91 bits per heavy atom. The first-order valence-electron chi connectivity index (χ1n) is 4.53. The molecule has 1 fully saturated rings. The van der Waals surface area contributed by atoms with Gasteiger partial charge in [0.1, 0.15) is 0 Å². The van der Waals surface area contributed by atoms with E-state index in [1.54, 1.807) is 0 Å². The molecule has 0 heterocycles. The average molecular weight is 154 g/mol. The average Bonchev–Trinajstić information content (AvgIpc) is 1.93. The van der Waals surface area contributed by atoms with Crippen molar-refractivity contribution >= 4 is 0 Å². The summed E-state index contributed by atoms with van der Waals surface area (Å²) in [6.45, 7) is 4.20. The Hall–Kier alpha value is -0.300. The number of rotatable bonds is 1. The van der Waals surface area contributed by atoms with E-state index in [0.717, 1.165) is 6.42 Å². The van der Waals surface area contributed by atoms with Crippen LogP contribution < -0.4 is 0 Å². The van der Waals surface area contributed by atoms with Gasteiger partial charge >= 0.3 is 0 Å². The molecule has 0 spiro atoms. The van der Waals surface area contributed by atoms with Gasteiger partial charge in [0.2, 0.25) is 0 Å². The van der Waals surface area contributed by atoms with E-state index in [0.29, 0.717) is 5.92 Å². The minimum atomic E-state index is -0.0707. The fourth-order valence-corrected chi connectivity index (χ4v) is 1.76. The van der Waals surface area contributed by atoms with Gasteiger partial charge in [-0.05, 0) is 26.7 Å². The first-order chi connectivity index (χ1) is 5.20. The van der Waals surface area contributed by atoms with Gasteiger partial charge in [-0.1, -0.05) is 24.5 Å². The number of hydrogen-bond donors (Lipinski definition) is 1. The highest BCUT2D eigenvalue weighted by Gasteiger charge is 2.20. The van der Waals surface area contributed by atoms with Gasteiger partial charge in [0, 0.05) is 5.92 Å². The summed E-state index contributed by atoms with van der Waals surface area (Å²) in [5.41, 5.74) is 1.33. The second-order valence-corrected chi connectivity index (χ2v) is 3.76. The highest BCUT2D eigenvalue weighted by atomic mass is 16.3. The quantitative estimate of drug-likeness (QED) is 0.575. The topological polar surface area (TPSA) is 20.2 Å². The molecule has 0 saturated heterocycles. The van der Waals surface area contributed by atoms with Crippen molar-refractivity contribution in [1.82, 2.24) is 0 Å². The van der Waals surface area contributed by atoms with Crippen LogP contribution in [0.3, 0.4) is 0 Å². The molecule has 0 aliphatic heterocycles. The summed E-state index contributed by atoms with van der Waals surface area (Å²) in [6.07, 6.45) is 6.79. The van der Waals surface area contributed by atoms with Crippen LogP contribution in [0.4, 0.5) is 0 Å². The van der Waals surface area contributed by atoms with Crippen molar-refractivity contribution < 1.29 is 5.11 Å². The third-order valence-electron chi connectivity index (χ3n) is 2.33. The Morgan fingerprint density at radius 1 is 1.27 bits per heavy atom. The molecule has 0 radical (unpaired) electrons. The van der Waals surface area contributed by atoms with Crippen LogP contribution in [0.15, 0.2) is 11.6 Å². The second kappa shape index (κ2) is 3.91. The van der Waals surface area contributed by atoms with Gasteiger partial charge in [0.05, 0.1) is 6.10 Å². The summed E-state index contributed by atoms with van der Waals surface area (Å²) in [5, 5.41) is 9.57. The fraction of sp³-hybridized carbons (Fsp3) is 0.800. The number of allylic oxidation sites excluding steroid dienone is 1. The van der Waals surface area contributed by atoms with Gasteiger partial charge < -0.3 is 5.11 Å². The highest BCUT2D eigenvalue weighted by Crippen LogP contribution is 2.25. The van der Waals surface area contributed by atoms with Gasteiger partial charge in [-0.25, -0.2) is 0 Å². The largest absolute Gasteiger partial charge is 0.393 e. The summed E-state index contributed by atoms with van der Waals surface area (Å²) < 4.78 is 0. The van der Waals surface area contributed by atoms with Gasteiger partial charge in [-0.15, -0.1) is 0 Å². The van der Waals surface area contributed by atoms with Crippen LogP contribution in [0, 0.1) is 5.92 Å². The maximum atomic E-state index is 9.57. The van der Waals surface area contributed by atoms with Crippen molar-refractivity contribution in [2.75, 3.05) is 0 Å². The summed E-state index contributed by atoms with van der Waals surface area (Å²) >= 11 is 0. The number of hydrogen-bond acceptors (Lipinski definition) is 1. The molecule has 0 aromatic rings. The van der Waals surface area contributed by atoms with Gasteiger partial charge in [-0.2, -0.15) is 0 Å². The monoisotopic (exact) mass is 154 g/mol. The number of aliphatic hydroxyl groups excluding tert-OH is 1. The summed E-state index contributed by atoms with van der Waals surface area (Å²) in [4.78, 5) is 0. The van der Waals surface area contributed by atoms with Crippen LogP contribution in [0.1, 0.15) is 39.5 Å². The molecule has 1 N–H and O–H groups in total. The summed E-state index contributed by atoms with van der Waals surface area (Å²) in [6, 6.07) is 0. The Kier molecular flexibility index (Phi) is 3.13. The third-order valence-corrected chi connectivity index (χ3v) is 2.33. The van der Waals surface area contributed by atoms with Crippen LogP contribution in [-0.2, 0) is 0 Å². The minimum absolute atomic E-state index is 0.0707. The molecule has 11 heavy (non-hydrogen) atoms. The Morgan fingerprint density at radius 3 is 2.45 bits per heavy atom. The maximum absolute atomic E-state index is 9.57. The maximum Gasteiger partial charge on any atom is 0.0602 e. The lowest BCUT2D eigenvalue weighted by Crippen LogP contribution is -2.22. The van der Waals surface area contributed by atoms with Crippen molar-refractivity contribution in [3.8, 4) is 0 Å². The molecule has 1 aliphatic rings. The zero-order valence-corrected chi connectivity index (χ0v) is 7.51. The second-order valence-electron chi connectivity index (χ2n) is 3.76. The third kappa shape index (κ3) is 2.66. The first-order valence-corrected chi connectivity index (χ1v) is 4.53. The van der Waals surface area contributed by atoms with E-state index in [2.05, 4.69) is 19.9 Å². The van der Waals surface area contributed by atoms with E-state index in [1.807, 2.05) is 0 Å². The molecule has 0 amide bonds. The van der Waals surface area contributed by atoms with Gasteiger partial charge in [0.25, 0.3) is 0 Å². The summed E-state index contributed by atoms with van der Waals surface area (Å²) in [5.74, 6) is 0.439. The van der Waals surface area contributed by atoms with E-state index in [1.165, 1.54) is 24.8 Å². The zero-order chi connectivity index (χ0) is 8.27. The van der Waals surface area contributed by atoms with E-state index < -0.39 is 0 Å². The number of aliphatic hydroxyl groups is 1. The van der Waals surface area contributed by atoms with E-state index in [9.17, 15) is 5.11 Å². The SMILES string of the molecule is CC(C)=C[C@@H]1CCCC[C@H]1O. The molecule has 0 unspecified atom stereocenters. The molecule has 0 aromatic heterocycles. The normalized spacial score (nSPS) is 31.5. The highest BCUT2D eigenvalue weighted by molar-refractivity contribution is 5.00. The van der Waals surface area contributed by atoms with E-state index in [4.69, 9.17) is 0 Å². The molecule has 0 bridgehead atoms. The first kappa shape index (κ1) is 8.79. The van der Waals surface area contributed by atoms with Crippen LogP contribution in [0.2, 0.25) is 0 Å².